The van der Waals surface area contributed by atoms with Crippen molar-refractivity contribution in [3.8, 4) is 0 Å². The Hall–Kier alpha value is -0.340. The number of allylic oxidation sites excluding steroid dienone is 1. The predicted octanol–water partition coefficient (Wildman–Crippen LogP) is -0.0619. The second kappa shape index (κ2) is 3.64. The molecule has 0 aromatic rings. The molecule has 0 spiro atoms. The molecule has 1 heterocycles. The minimum atomic E-state index is 0.497. The zero-order chi connectivity index (χ0) is 6.53. The number of piperazine rings is 1. The molecule has 2 nitrogen and oxygen atoms in total. The second-order valence-corrected chi connectivity index (χ2v) is 2.19. The Morgan fingerprint density at radius 2 is 2.33 bits per heavy atom. The van der Waals surface area contributed by atoms with Crippen LogP contribution in [0.25, 0.3) is 0 Å². The van der Waals surface area contributed by atoms with Crippen molar-refractivity contribution >= 4 is 0 Å². The predicted molar refractivity (Wildman–Crippen MR) is 39.2 cm³/mol. The van der Waals surface area contributed by atoms with E-state index in [-0.39, 0.29) is 0 Å². The first kappa shape index (κ1) is 6.78. The third kappa shape index (κ3) is 2.16. The Kier molecular flexibility index (Phi) is 2.74. The van der Waals surface area contributed by atoms with Gasteiger partial charge in [-0.2, -0.15) is 0 Å². The molecule has 0 aromatic carbocycles. The van der Waals surface area contributed by atoms with E-state index >= 15 is 0 Å². The summed E-state index contributed by atoms with van der Waals surface area (Å²) in [6.07, 6.45) is 3.91. The van der Waals surface area contributed by atoms with Crippen molar-refractivity contribution in [1.82, 2.24) is 10.6 Å². The molecule has 1 aliphatic heterocycles. The molecule has 1 rings (SSSR count). The molecule has 1 aliphatic rings. The Labute approximate surface area is 56.3 Å². The summed E-state index contributed by atoms with van der Waals surface area (Å²) < 4.78 is 0. The Bertz CT molecular complexity index is 93.1. The van der Waals surface area contributed by atoms with E-state index < -0.39 is 0 Å². The summed E-state index contributed by atoms with van der Waals surface area (Å²) in [6.45, 7) is 6.81. The van der Waals surface area contributed by atoms with Gasteiger partial charge in [-0.25, -0.2) is 0 Å². The van der Waals surface area contributed by atoms with Crippen LogP contribution in [0.2, 0.25) is 0 Å². The zero-order valence-corrected chi connectivity index (χ0v) is 5.56. The Morgan fingerprint density at radius 1 is 1.44 bits per heavy atom. The van der Waals surface area contributed by atoms with E-state index in [2.05, 4.69) is 23.6 Å². The van der Waals surface area contributed by atoms with Gasteiger partial charge in [0.2, 0.25) is 0 Å². The van der Waals surface area contributed by atoms with Crippen molar-refractivity contribution in [1.29, 1.82) is 0 Å². The van der Waals surface area contributed by atoms with Crippen molar-refractivity contribution in [2.24, 2.45) is 0 Å². The van der Waals surface area contributed by atoms with Gasteiger partial charge in [-0.1, -0.05) is 12.2 Å². The van der Waals surface area contributed by atoms with Crippen LogP contribution < -0.4 is 10.6 Å². The fourth-order valence-corrected chi connectivity index (χ4v) is 0.976. The van der Waals surface area contributed by atoms with Gasteiger partial charge >= 0.3 is 0 Å². The topological polar surface area (TPSA) is 24.1 Å². The summed E-state index contributed by atoms with van der Waals surface area (Å²) in [5.74, 6) is 0. The quantitative estimate of drug-likeness (QED) is 0.513. The monoisotopic (exact) mass is 125 g/mol. The summed E-state index contributed by atoms with van der Waals surface area (Å²) in [5, 5.41) is 6.61. The van der Waals surface area contributed by atoms with Crippen LogP contribution in [-0.4, -0.2) is 25.7 Å². The van der Waals surface area contributed by atoms with Gasteiger partial charge in [0.25, 0.3) is 0 Å². The molecule has 2 heteroatoms. The first-order valence-corrected chi connectivity index (χ1v) is 3.33. The third-order valence-corrected chi connectivity index (χ3v) is 1.44. The minimum Gasteiger partial charge on any atom is -0.314 e. The standard InChI is InChI=1S/C7H13N2/c1-2-3-7-6-8-4-5-9-7/h2-3,7-9H,1,4-6H2. The van der Waals surface area contributed by atoms with Gasteiger partial charge in [0.15, 0.2) is 0 Å². The summed E-state index contributed by atoms with van der Waals surface area (Å²) in [4.78, 5) is 0. The molecule has 0 saturated carbocycles. The molecular weight excluding hydrogens is 112 g/mol. The highest BCUT2D eigenvalue weighted by molar-refractivity contribution is 4.97. The van der Waals surface area contributed by atoms with Crippen LogP contribution in [0.3, 0.4) is 0 Å². The van der Waals surface area contributed by atoms with Gasteiger partial charge in [-0.3, -0.25) is 0 Å². The van der Waals surface area contributed by atoms with E-state index in [4.69, 9.17) is 0 Å². The molecule has 9 heavy (non-hydrogen) atoms. The lowest BCUT2D eigenvalue weighted by Gasteiger charge is -2.21. The summed E-state index contributed by atoms with van der Waals surface area (Å²) in [7, 11) is 0. The van der Waals surface area contributed by atoms with Crippen molar-refractivity contribution in [2.75, 3.05) is 19.6 Å². The number of rotatable bonds is 1. The van der Waals surface area contributed by atoms with Crippen LogP contribution in [-0.2, 0) is 0 Å². The first-order valence-electron chi connectivity index (χ1n) is 3.33. The molecule has 2 N–H and O–H groups in total. The molecule has 1 saturated heterocycles. The third-order valence-electron chi connectivity index (χ3n) is 1.44. The fraction of sp³-hybridized carbons (Fsp3) is 0.571. The van der Waals surface area contributed by atoms with Gasteiger partial charge in [0.05, 0.1) is 0 Å². The van der Waals surface area contributed by atoms with Crippen LogP contribution in [0.15, 0.2) is 12.2 Å². The van der Waals surface area contributed by atoms with Gasteiger partial charge in [-0.05, 0) is 6.92 Å². The molecule has 1 atom stereocenters. The molecule has 51 valence electrons. The lowest BCUT2D eigenvalue weighted by molar-refractivity contribution is 0.471. The lowest BCUT2D eigenvalue weighted by atomic mass is 10.2. The average Bonchev–Trinajstić information content (AvgIpc) is 1.91. The highest BCUT2D eigenvalue weighted by Gasteiger charge is 2.05. The van der Waals surface area contributed by atoms with Gasteiger partial charge in [-0.15, -0.1) is 0 Å². The average molecular weight is 125 g/mol. The van der Waals surface area contributed by atoms with Crippen molar-refractivity contribution < 1.29 is 0 Å². The highest BCUT2D eigenvalue weighted by Crippen LogP contribution is 1.87. The van der Waals surface area contributed by atoms with E-state index in [1.54, 1.807) is 0 Å². The number of hydrogen-bond donors (Lipinski definition) is 2. The van der Waals surface area contributed by atoms with Crippen LogP contribution in [0.1, 0.15) is 0 Å². The van der Waals surface area contributed by atoms with Crippen molar-refractivity contribution in [3.63, 3.8) is 0 Å². The maximum atomic E-state index is 3.63. The normalized spacial score (nSPS) is 29.2. The van der Waals surface area contributed by atoms with Crippen molar-refractivity contribution in [3.05, 3.63) is 19.1 Å². The van der Waals surface area contributed by atoms with Gasteiger partial charge in [0, 0.05) is 25.7 Å². The van der Waals surface area contributed by atoms with E-state index in [0.29, 0.717) is 6.04 Å². The van der Waals surface area contributed by atoms with E-state index in [1.807, 2.05) is 6.08 Å². The second-order valence-electron chi connectivity index (χ2n) is 2.19. The van der Waals surface area contributed by atoms with E-state index in [9.17, 15) is 0 Å². The SMILES string of the molecule is [CH2]C=CC1CNCCN1. The molecule has 0 amide bonds. The van der Waals surface area contributed by atoms with Crippen LogP contribution in [0.4, 0.5) is 0 Å². The number of hydrogen-bond acceptors (Lipinski definition) is 2. The van der Waals surface area contributed by atoms with E-state index in [1.165, 1.54) is 0 Å². The minimum absolute atomic E-state index is 0.497. The molecule has 0 aromatic heterocycles. The molecular formula is C7H13N2. The molecule has 1 unspecified atom stereocenters. The summed E-state index contributed by atoms with van der Waals surface area (Å²) >= 11 is 0. The van der Waals surface area contributed by atoms with E-state index in [0.717, 1.165) is 19.6 Å². The van der Waals surface area contributed by atoms with Crippen LogP contribution >= 0.6 is 0 Å². The summed E-state index contributed by atoms with van der Waals surface area (Å²) in [6, 6.07) is 0.497. The first-order chi connectivity index (χ1) is 4.43. The van der Waals surface area contributed by atoms with Crippen LogP contribution in [0.5, 0.6) is 0 Å². The van der Waals surface area contributed by atoms with Gasteiger partial charge < -0.3 is 10.6 Å². The molecule has 0 bridgehead atoms. The largest absolute Gasteiger partial charge is 0.314 e. The number of nitrogens with one attached hydrogen (secondary N) is 2. The molecule has 1 radical (unpaired) electrons. The fourth-order valence-electron chi connectivity index (χ4n) is 0.976. The molecule has 1 fully saturated rings. The Morgan fingerprint density at radius 3 is 2.89 bits per heavy atom. The lowest BCUT2D eigenvalue weighted by Crippen LogP contribution is -2.47. The summed E-state index contributed by atoms with van der Waals surface area (Å²) in [5.41, 5.74) is 0. The molecule has 0 aliphatic carbocycles. The van der Waals surface area contributed by atoms with Gasteiger partial charge in [0.1, 0.15) is 0 Å². The zero-order valence-electron chi connectivity index (χ0n) is 5.56. The van der Waals surface area contributed by atoms with Crippen LogP contribution in [0, 0.1) is 6.92 Å². The smallest absolute Gasteiger partial charge is 0.0376 e. The highest BCUT2D eigenvalue weighted by atomic mass is 15.0. The maximum Gasteiger partial charge on any atom is 0.0376 e. The van der Waals surface area contributed by atoms with Crippen molar-refractivity contribution in [2.45, 2.75) is 6.04 Å². The Balaban J connectivity index is 2.23. The maximum absolute atomic E-state index is 3.63.